The fourth-order valence-electron chi connectivity index (χ4n) is 5.12. The predicted molar refractivity (Wildman–Crippen MR) is 156 cm³/mol. The maximum absolute atomic E-state index is 11.4. The van der Waals surface area contributed by atoms with E-state index in [1.54, 1.807) is 0 Å². The Bertz CT molecular complexity index is 1620. The number of likely N-dealkylation sites (N-methyl/N-ethyl adjacent to an activating group) is 1. The van der Waals surface area contributed by atoms with Crippen molar-refractivity contribution in [2.24, 2.45) is 0 Å². The molecule has 2 heterocycles. The van der Waals surface area contributed by atoms with Crippen LogP contribution in [0.15, 0.2) is 85.1 Å². The molecule has 0 spiro atoms. The molecule has 1 aromatic heterocycles. The van der Waals surface area contributed by atoms with E-state index in [1.165, 1.54) is 18.0 Å². The topological polar surface area (TPSA) is 73.4 Å². The summed E-state index contributed by atoms with van der Waals surface area (Å²) in [6, 6.07) is 26.8. The maximum atomic E-state index is 11.4. The van der Waals surface area contributed by atoms with Crippen LogP contribution < -0.4 is 15.5 Å². The lowest BCUT2D eigenvalue weighted by Gasteiger charge is -2.35. The van der Waals surface area contributed by atoms with Crippen LogP contribution in [0.3, 0.4) is 0 Å². The summed E-state index contributed by atoms with van der Waals surface area (Å²) in [6.07, 6.45) is 1.86. The van der Waals surface area contributed by atoms with Gasteiger partial charge in [-0.2, -0.15) is 0 Å². The van der Waals surface area contributed by atoms with E-state index < -0.39 is 0 Å². The molecule has 4 aromatic carbocycles. The summed E-state index contributed by atoms with van der Waals surface area (Å²) in [4.78, 5) is 25.8. The fraction of sp³-hybridized carbons (Fsp3) is 0.194. The number of para-hydroxylation sites is 1. The number of carbonyl (C=O) groups excluding carboxylic acids is 1. The number of carbonyl (C=O) groups is 1. The molecule has 7 heteroatoms. The first-order valence-corrected chi connectivity index (χ1v) is 12.9. The van der Waals surface area contributed by atoms with E-state index in [0.717, 1.165) is 65.0 Å². The van der Waals surface area contributed by atoms with E-state index in [2.05, 4.69) is 74.9 Å². The molecule has 1 aliphatic rings. The predicted octanol–water partition coefficient (Wildman–Crippen LogP) is 5.90. The molecule has 7 nitrogen and oxygen atoms in total. The van der Waals surface area contributed by atoms with E-state index in [9.17, 15) is 4.79 Å². The lowest BCUT2D eigenvalue weighted by Crippen LogP contribution is -2.44. The van der Waals surface area contributed by atoms with Gasteiger partial charge in [-0.3, -0.25) is 4.79 Å². The van der Waals surface area contributed by atoms with Gasteiger partial charge in [-0.1, -0.05) is 54.6 Å². The van der Waals surface area contributed by atoms with Crippen molar-refractivity contribution >= 4 is 50.6 Å². The van der Waals surface area contributed by atoms with Crippen LogP contribution >= 0.6 is 0 Å². The smallest absolute Gasteiger partial charge is 0.227 e. The third-order valence-electron chi connectivity index (χ3n) is 7.12. The number of amides is 1. The summed E-state index contributed by atoms with van der Waals surface area (Å²) in [6.45, 7) is 5.69. The van der Waals surface area contributed by atoms with Crippen LogP contribution in [-0.4, -0.2) is 54.0 Å². The number of fused-ring (bicyclic) bond motifs is 2. The van der Waals surface area contributed by atoms with Crippen LogP contribution in [0.1, 0.15) is 6.92 Å². The van der Waals surface area contributed by atoms with Crippen molar-refractivity contribution in [1.29, 1.82) is 0 Å². The lowest BCUT2D eigenvalue weighted by atomic mass is 10.0. The standard InChI is InChI=1S/C31H30N6O/c1-21(38)33-24-12-10-22(11-13-24)25-9-5-6-23-20-32-31(35-30(23)25)34-28-14-15-29(27-8-4-3-7-26(27)28)37-18-16-36(2)17-19-37/h3-15,20H,16-19H2,1-2H3,(H,33,38)(H,32,34,35). The van der Waals surface area contributed by atoms with Gasteiger partial charge >= 0.3 is 0 Å². The Morgan fingerprint density at radius 1 is 0.842 bits per heavy atom. The summed E-state index contributed by atoms with van der Waals surface area (Å²) >= 11 is 0. The van der Waals surface area contributed by atoms with Crippen molar-refractivity contribution in [3.05, 3.63) is 85.1 Å². The van der Waals surface area contributed by atoms with Crippen molar-refractivity contribution in [3.63, 3.8) is 0 Å². The zero-order valence-corrected chi connectivity index (χ0v) is 21.6. The summed E-state index contributed by atoms with van der Waals surface area (Å²) in [5.41, 5.74) is 5.92. The third kappa shape index (κ3) is 4.76. The molecular weight excluding hydrogens is 472 g/mol. The van der Waals surface area contributed by atoms with Gasteiger partial charge < -0.3 is 20.4 Å². The number of hydrogen-bond acceptors (Lipinski definition) is 6. The van der Waals surface area contributed by atoms with E-state index in [4.69, 9.17) is 4.98 Å². The van der Waals surface area contributed by atoms with Crippen LogP contribution in [0.2, 0.25) is 0 Å². The maximum Gasteiger partial charge on any atom is 0.227 e. The Morgan fingerprint density at radius 2 is 1.61 bits per heavy atom. The second-order valence-corrected chi connectivity index (χ2v) is 9.79. The van der Waals surface area contributed by atoms with Crippen molar-refractivity contribution in [1.82, 2.24) is 14.9 Å². The van der Waals surface area contributed by atoms with Crippen LogP contribution in [0, 0.1) is 0 Å². The zero-order valence-electron chi connectivity index (χ0n) is 21.6. The molecule has 1 amide bonds. The quantitative estimate of drug-likeness (QED) is 0.312. The van der Waals surface area contributed by atoms with Gasteiger partial charge in [0.15, 0.2) is 0 Å². The Morgan fingerprint density at radius 3 is 2.37 bits per heavy atom. The molecule has 6 rings (SSSR count). The van der Waals surface area contributed by atoms with Gasteiger partial charge in [0.05, 0.1) is 5.52 Å². The molecule has 0 aliphatic carbocycles. The number of nitrogens with zero attached hydrogens (tertiary/aromatic N) is 4. The van der Waals surface area contributed by atoms with E-state index >= 15 is 0 Å². The van der Waals surface area contributed by atoms with Crippen LogP contribution in [0.25, 0.3) is 32.8 Å². The monoisotopic (exact) mass is 502 g/mol. The van der Waals surface area contributed by atoms with E-state index in [-0.39, 0.29) is 5.91 Å². The summed E-state index contributed by atoms with van der Waals surface area (Å²) in [5, 5.41) is 9.65. The first kappa shape index (κ1) is 23.9. The Hall–Kier alpha value is -4.49. The average Bonchev–Trinajstić information content (AvgIpc) is 2.94. The fourth-order valence-corrected chi connectivity index (χ4v) is 5.12. The molecule has 1 aliphatic heterocycles. The van der Waals surface area contributed by atoms with Crippen molar-refractivity contribution < 1.29 is 4.79 Å². The minimum absolute atomic E-state index is 0.0875. The SMILES string of the molecule is CC(=O)Nc1ccc(-c2cccc3cnc(Nc4ccc(N5CCN(C)CC5)c5ccccc45)nc23)cc1. The van der Waals surface area contributed by atoms with Gasteiger partial charge in [0, 0.05) is 78.1 Å². The molecule has 1 fully saturated rings. The first-order valence-electron chi connectivity index (χ1n) is 12.9. The Kier molecular flexibility index (Phi) is 6.35. The highest BCUT2D eigenvalue weighted by molar-refractivity contribution is 6.03. The number of benzene rings is 4. The molecule has 0 bridgehead atoms. The number of hydrogen-bond donors (Lipinski definition) is 2. The summed E-state index contributed by atoms with van der Waals surface area (Å²) < 4.78 is 0. The number of aromatic nitrogens is 2. The number of piperazine rings is 1. The zero-order chi connectivity index (χ0) is 26.1. The molecule has 190 valence electrons. The molecular formula is C31H30N6O. The van der Waals surface area contributed by atoms with E-state index in [1.807, 2.05) is 42.6 Å². The lowest BCUT2D eigenvalue weighted by molar-refractivity contribution is -0.114. The minimum atomic E-state index is -0.0875. The summed E-state index contributed by atoms with van der Waals surface area (Å²) in [5.74, 6) is 0.466. The Labute approximate surface area is 222 Å². The molecule has 2 N–H and O–H groups in total. The van der Waals surface area contributed by atoms with Crippen molar-refractivity contribution in [3.8, 4) is 11.1 Å². The molecule has 0 atom stereocenters. The van der Waals surface area contributed by atoms with Gasteiger partial charge in [-0.25, -0.2) is 9.97 Å². The van der Waals surface area contributed by atoms with Gasteiger partial charge in [0.25, 0.3) is 0 Å². The highest BCUT2D eigenvalue weighted by Gasteiger charge is 2.17. The number of rotatable bonds is 5. The van der Waals surface area contributed by atoms with Gasteiger partial charge in [-0.05, 0) is 36.9 Å². The highest BCUT2D eigenvalue weighted by Crippen LogP contribution is 2.35. The van der Waals surface area contributed by atoms with E-state index in [0.29, 0.717) is 5.95 Å². The molecule has 0 saturated carbocycles. The molecule has 5 aromatic rings. The minimum Gasteiger partial charge on any atom is -0.368 e. The van der Waals surface area contributed by atoms with Gasteiger partial charge in [-0.15, -0.1) is 0 Å². The van der Waals surface area contributed by atoms with Crippen LogP contribution in [0.4, 0.5) is 23.0 Å². The number of anilines is 4. The first-order chi connectivity index (χ1) is 18.5. The van der Waals surface area contributed by atoms with Crippen molar-refractivity contribution in [2.45, 2.75) is 6.92 Å². The molecule has 0 radical (unpaired) electrons. The molecule has 38 heavy (non-hydrogen) atoms. The van der Waals surface area contributed by atoms with Crippen LogP contribution in [0.5, 0.6) is 0 Å². The number of nitrogens with one attached hydrogen (secondary N) is 2. The highest BCUT2D eigenvalue weighted by atomic mass is 16.1. The normalized spacial score (nSPS) is 14.1. The molecule has 1 saturated heterocycles. The second-order valence-electron chi connectivity index (χ2n) is 9.79. The van der Waals surface area contributed by atoms with Gasteiger partial charge in [0.2, 0.25) is 11.9 Å². The van der Waals surface area contributed by atoms with Crippen LogP contribution in [-0.2, 0) is 4.79 Å². The largest absolute Gasteiger partial charge is 0.368 e. The average molecular weight is 503 g/mol. The Balaban J connectivity index is 1.34. The molecule has 0 unspecified atom stereocenters. The van der Waals surface area contributed by atoms with Crippen molar-refractivity contribution in [2.75, 3.05) is 48.8 Å². The third-order valence-corrected chi connectivity index (χ3v) is 7.12. The summed E-state index contributed by atoms with van der Waals surface area (Å²) in [7, 11) is 2.18. The second kappa shape index (κ2) is 10.1. The van der Waals surface area contributed by atoms with Gasteiger partial charge in [0.1, 0.15) is 0 Å².